The van der Waals surface area contributed by atoms with Gasteiger partial charge in [0.2, 0.25) is 47.3 Å². The number of carbonyl (C=O) groups excluding carboxylic acids is 8. The molecule has 8 amide bonds. The van der Waals surface area contributed by atoms with Crippen molar-refractivity contribution in [2.45, 2.75) is 161 Å². The third kappa shape index (κ3) is 16.9. The first kappa shape index (κ1) is 58.0. The number of nitrogens with one attached hydrogen (secondary N) is 6. The first-order valence-corrected chi connectivity index (χ1v) is 23.9. The summed E-state index contributed by atoms with van der Waals surface area (Å²) in [5, 5.41) is 54.4. The van der Waals surface area contributed by atoms with E-state index in [-0.39, 0.29) is 56.9 Å². The Labute approximate surface area is 407 Å². The van der Waals surface area contributed by atoms with Crippen LogP contribution in [-0.2, 0) is 54.4 Å². The first-order chi connectivity index (χ1) is 32.9. The minimum atomic E-state index is -1.57. The fraction of sp³-hybridized carbons (Fsp3) is 0.660. The van der Waals surface area contributed by atoms with E-state index >= 15 is 0 Å². The number of benzene rings is 1. The Hall–Kier alpha value is -6.36. The summed E-state index contributed by atoms with van der Waals surface area (Å²) in [6, 6.07) is -3.83. The number of carboxylic acids is 2. The summed E-state index contributed by atoms with van der Waals surface area (Å²) in [5.41, 5.74) is 6.82. The van der Waals surface area contributed by atoms with Gasteiger partial charge < -0.3 is 67.9 Å². The minimum Gasteiger partial charge on any atom is -0.508 e. The molecule has 1 aromatic rings. The van der Waals surface area contributed by atoms with Crippen LogP contribution in [0, 0.1) is 17.8 Å². The molecule has 2 heterocycles. The molecule has 70 heavy (non-hydrogen) atoms. The van der Waals surface area contributed by atoms with Crippen LogP contribution < -0.4 is 37.6 Å². The number of carboxylic acid groups (broad SMARTS) is 2. The van der Waals surface area contributed by atoms with Crippen LogP contribution in [0.1, 0.15) is 105 Å². The zero-order chi connectivity index (χ0) is 52.6. The predicted molar refractivity (Wildman–Crippen MR) is 252 cm³/mol. The molecular weight excluding hydrogens is 915 g/mol. The molecular formula is C47H73N9O14. The molecule has 0 spiro atoms. The maximum atomic E-state index is 14.1. The number of rotatable bonds is 26. The van der Waals surface area contributed by atoms with Gasteiger partial charge in [-0.25, -0.2) is 4.79 Å². The highest BCUT2D eigenvalue weighted by Crippen LogP contribution is 2.22. The average molecular weight is 988 g/mol. The lowest BCUT2D eigenvalue weighted by atomic mass is 9.98. The molecule has 3 rings (SSSR count). The molecule has 0 radical (unpaired) electrons. The number of nitrogens with zero attached hydrogens (tertiary/aromatic N) is 2. The molecule has 0 aromatic heterocycles. The molecule has 2 fully saturated rings. The van der Waals surface area contributed by atoms with Gasteiger partial charge in [-0.05, 0) is 87.3 Å². The summed E-state index contributed by atoms with van der Waals surface area (Å²) in [4.78, 5) is 135. The third-order valence-electron chi connectivity index (χ3n) is 12.5. The van der Waals surface area contributed by atoms with Crippen LogP contribution in [0.25, 0.3) is 0 Å². The number of nitrogens with two attached hydrogens (primary N) is 1. The van der Waals surface area contributed by atoms with Crippen LogP contribution in [0.4, 0.5) is 0 Å². The molecule has 2 aliphatic heterocycles. The second-order valence-electron chi connectivity index (χ2n) is 19.0. The van der Waals surface area contributed by atoms with E-state index in [0.717, 1.165) is 0 Å². The number of aliphatic hydroxyl groups is 1. The summed E-state index contributed by atoms with van der Waals surface area (Å²) in [6.07, 6.45) is -0.491. The number of aromatic hydroxyl groups is 1. The summed E-state index contributed by atoms with van der Waals surface area (Å²) < 4.78 is 0. The van der Waals surface area contributed by atoms with Gasteiger partial charge in [0.15, 0.2) is 0 Å². The lowest BCUT2D eigenvalue weighted by Gasteiger charge is -2.31. The summed E-state index contributed by atoms with van der Waals surface area (Å²) in [7, 11) is 0. The summed E-state index contributed by atoms with van der Waals surface area (Å²) >= 11 is 0. The molecule has 0 unspecified atom stereocenters. The molecule has 10 atom stereocenters. The summed E-state index contributed by atoms with van der Waals surface area (Å²) in [6.45, 7) is 11.1. The highest BCUT2D eigenvalue weighted by Gasteiger charge is 2.41. The highest BCUT2D eigenvalue weighted by atomic mass is 16.4. The number of likely N-dealkylation sites (tertiary alicyclic amines) is 2. The van der Waals surface area contributed by atoms with E-state index in [9.17, 15) is 68.4 Å². The zero-order valence-electron chi connectivity index (χ0n) is 41.1. The number of hydrogen-bond donors (Lipinski definition) is 11. The van der Waals surface area contributed by atoms with Gasteiger partial charge in [-0.15, -0.1) is 0 Å². The molecule has 2 saturated heterocycles. The van der Waals surface area contributed by atoms with Crippen LogP contribution in [0.2, 0.25) is 0 Å². The van der Waals surface area contributed by atoms with E-state index in [1.54, 1.807) is 39.8 Å². The van der Waals surface area contributed by atoms with Crippen molar-refractivity contribution < 1.29 is 68.4 Å². The van der Waals surface area contributed by atoms with Gasteiger partial charge in [0.25, 0.3) is 0 Å². The number of amides is 8. The number of hydrogen-bond acceptors (Lipinski definition) is 13. The third-order valence-corrected chi connectivity index (χ3v) is 12.5. The molecule has 0 bridgehead atoms. The largest absolute Gasteiger partial charge is 0.508 e. The van der Waals surface area contributed by atoms with Gasteiger partial charge >= 0.3 is 11.9 Å². The standard InChI is InChI=1S/C47H73N9O14/c1-8-26(6)38(47(69)70)53-45(67)39(27(7)57)54-44(66)37(25(4)5)52-43(65)34-12-9-19-55(34)35(59)23-49-42(64)33-11-10-20-56(33)46(68)31(17-18-36(60)61)50-41(63)32(21-24(2)3)51-40(62)30(48)22-28-13-15-29(58)16-14-28/h13-16,24-27,30-34,37-39,57-58H,8-12,17-23,48H2,1-7H3,(H,49,64)(H,50,63)(H,51,62)(H,52,65)(H,53,67)(H,54,66)(H,60,61)(H,69,70)/t26-,27+,30-,31-,32-,33-,34-,37-,38-,39-/m0/s1. The van der Waals surface area contributed by atoms with Crippen molar-refractivity contribution in [2.24, 2.45) is 23.5 Å². The zero-order valence-corrected chi connectivity index (χ0v) is 41.1. The molecule has 0 aliphatic carbocycles. The highest BCUT2D eigenvalue weighted by molar-refractivity contribution is 5.98. The van der Waals surface area contributed by atoms with Gasteiger partial charge in [-0.3, -0.25) is 43.2 Å². The molecule has 23 heteroatoms. The fourth-order valence-electron chi connectivity index (χ4n) is 8.34. The van der Waals surface area contributed by atoms with Gasteiger partial charge in [-0.1, -0.05) is 60.1 Å². The number of aliphatic hydroxyl groups excluding tert-OH is 1. The maximum absolute atomic E-state index is 14.1. The lowest BCUT2D eigenvalue weighted by molar-refractivity contribution is -0.144. The number of carbonyl (C=O) groups is 10. The number of phenolic OH excluding ortho intramolecular Hbond substituents is 1. The van der Waals surface area contributed by atoms with E-state index < -0.39 is 138 Å². The van der Waals surface area contributed by atoms with Crippen molar-refractivity contribution in [2.75, 3.05) is 19.6 Å². The van der Waals surface area contributed by atoms with Gasteiger partial charge in [-0.2, -0.15) is 0 Å². The van der Waals surface area contributed by atoms with Crippen molar-refractivity contribution in [1.29, 1.82) is 0 Å². The van der Waals surface area contributed by atoms with E-state index in [2.05, 4.69) is 31.9 Å². The Balaban J connectivity index is 1.67. The van der Waals surface area contributed by atoms with Crippen molar-refractivity contribution in [1.82, 2.24) is 41.7 Å². The second-order valence-corrected chi connectivity index (χ2v) is 19.0. The van der Waals surface area contributed by atoms with Crippen LogP contribution in [0.15, 0.2) is 24.3 Å². The predicted octanol–water partition coefficient (Wildman–Crippen LogP) is -1.14. The topological polar surface area (TPSA) is 356 Å². The SMILES string of the molecule is CC[C@H](C)[C@H](NC(=O)[C@@H](NC(=O)[C@@H](NC(=O)[C@@H]1CCCN1C(=O)CNC(=O)[C@@H]1CCCN1C(=O)[C@H](CCC(=O)O)NC(=O)[C@H](CC(C)C)NC(=O)[C@@H](N)Cc1ccc(O)cc1)C(C)C)[C@@H](C)O)C(=O)O. The van der Waals surface area contributed by atoms with Crippen LogP contribution >= 0.6 is 0 Å². The first-order valence-electron chi connectivity index (χ1n) is 23.9. The van der Waals surface area contributed by atoms with Crippen molar-refractivity contribution >= 4 is 59.2 Å². The quantitative estimate of drug-likeness (QED) is 0.0523. The minimum absolute atomic E-state index is 0.0335. The van der Waals surface area contributed by atoms with Gasteiger partial charge in [0, 0.05) is 19.5 Å². The smallest absolute Gasteiger partial charge is 0.326 e. The van der Waals surface area contributed by atoms with Crippen LogP contribution in [0.5, 0.6) is 5.75 Å². The lowest BCUT2D eigenvalue weighted by Crippen LogP contribution is -2.61. The van der Waals surface area contributed by atoms with E-state index in [4.69, 9.17) is 5.73 Å². The molecule has 0 saturated carbocycles. The average Bonchev–Trinajstić information content (AvgIpc) is 4.00. The normalized spacial score (nSPS) is 19.1. The fourth-order valence-corrected chi connectivity index (χ4v) is 8.34. The molecule has 2 aliphatic rings. The van der Waals surface area contributed by atoms with Crippen LogP contribution in [0.3, 0.4) is 0 Å². The van der Waals surface area contributed by atoms with Gasteiger partial charge in [0.1, 0.15) is 48.0 Å². The van der Waals surface area contributed by atoms with Crippen molar-refractivity contribution in [3.8, 4) is 5.75 Å². The molecule has 23 nitrogen and oxygen atoms in total. The van der Waals surface area contributed by atoms with Crippen molar-refractivity contribution in [3.05, 3.63) is 29.8 Å². The van der Waals surface area contributed by atoms with E-state index in [0.29, 0.717) is 24.8 Å². The Morgan fingerprint density at radius 1 is 0.700 bits per heavy atom. The Bertz CT molecular complexity index is 2030. The number of aliphatic carboxylic acids is 2. The van der Waals surface area contributed by atoms with E-state index in [1.165, 1.54) is 28.9 Å². The second kappa shape index (κ2) is 27.1. The van der Waals surface area contributed by atoms with Crippen LogP contribution in [-0.4, -0.2) is 163 Å². The Morgan fingerprint density at radius 2 is 1.26 bits per heavy atom. The molecule has 1 aromatic carbocycles. The molecule has 12 N–H and O–H groups in total. The Kier molecular flexibility index (Phi) is 22.5. The summed E-state index contributed by atoms with van der Waals surface area (Å²) in [5.74, 6) is -9.62. The molecule has 390 valence electrons. The maximum Gasteiger partial charge on any atom is 0.326 e. The van der Waals surface area contributed by atoms with E-state index in [1.807, 2.05) is 13.8 Å². The number of phenols is 1. The van der Waals surface area contributed by atoms with Gasteiger partial charge in [0.05, 0.1) is 18.7 Å². The Morgan fingerprint density at radius 3 is 1.80 bits per heavy atom. The van der Waals surface area contributed by atoms with Crippen molar-refractivity contribution in [3.63, 3.8) is 0 Å². The monoisotopic (exact) mass is 988 g/mol.